The Morgan fingerprint density at radius 3 is 2.80 bits per heavy atom. The van der Waals surface area contributed by atoms with Gasteiger partial charge in [-0.05, 0) is 24.6 Å². The molecule has 0 fully saturated rings. The Morgan fingerprint density at radius 1 is 1.35 bits per heavy atom. The van der Waals surface area contributed by atoms with Crippen molar-refractivity contribution < 1.29 is 9.31 Å². The third-order valence-corrected chi connectivity index (χ3v) is 3.18. The zero-order valence-electron chi connectivity index (χ0n) is 10.7. The predicted octanol–water partition coefficient (Wildman–Crippen LogP) is 4.31. The predicted molar refractivity (Wildman–Crippen MR) is 76.6 cm³/mol. The topological polar surface area (TPSA) is 55.2 Å². The molecule has 0 saturated carbocycles. The van der Waals surface area contributed by atoms with Gasteiger partial charge in [-0.3, -0.25) is 10.1 Å². The molecule has 4 nitrogen and oxygen atoms in total. The van der Waals surface area contributed by atoms with Gasteiger partial charge in [0.15, 0.2) is 0 Å². The Balaban J connectivity index is 2.21. The van der Waals surface area contributed by atoms with Gasteiger partial charge in [-0.2, -0.15) is 4.39 Å². The summed E-state index contributed by atoms with van der Waals surface area (Å²) >= 11 is 6.02. The minimum Gasteiger partial charge on any atom is -0.380 e. The van der Waals surface area contributed by atoms with Crippen molar-refractivity contribution in [3.05, 3.63) is 68.5 Å². The third-order valence-electron chi connectivity index (χ3n) is 2.85. The van der Waals surface area contributed by atoms with Gasteiger partial charge in [0.05, 0.1) is 15.6 Å². The van der Waals surface area contributed by atoms with Gasteiger partial charge < -0.3 is 5.32 Å². The maximum absolute atomic E-state index is 13.9. The van der Waals surface area contributed by atoms with Crippen molar-refractivity contribution in [3.63, 3.8) is 0 Å². The number of anilines is 1. The van der Waals surface area contributed by atoms with Crippen LogP contribution in [0.4, 0.5) is 15.8 Å². The van der Waals surface area contributed by atoms with Gasteiger partial charge in [-0.1, -0.05) is 29.8 Å². The van der Waals surface area contributed by atoms with E-state index < -0.39 is 16.4 Å². The molecule has 0 radical (unpaired) electrons. The highest BCUT2D eigenvalue weighted by molar-refractivity contribution is 6.33. The van der Waals surface area contributed by atoms with Crippen molar-refractivity contribution in [2.75, 3.05) is 5.32 Å². The number of nitro groups is 1. The lowest BCUT2D eigenvalue weighted by atomic mass is 10.1. The molecule has 20 heavy (non-hydrogen) atoms. The number of benzene rings is 2. The van der Waals surface area contributed by atoms with Crippen LogP contribution < -0.4 is 5.32 Å². The number of halogens is 2. The summed E-state index contributed by atoms with van der Waals surface area (Å²) in [6, 6.07) is 9.52. The second-order valence-corrected chi connectivity index (χ2v) is 4.75. The maximum Gasteiger partial charge on any atom is 0.305 e. The minimum atomic E-state index is -0.825. The summed E-state index contributed by atoms with van der Waals surface area (Å²) in [6.45, 7) is 2.03. The Hall–Kier alpha value is -2.14. The highest BCUT2D eigenvalue weighted by Crippen LogP contribution is 2.25. The van der Waals surface area contributed by atoms with E-state index in [0.29, 0.717) is 10.7 Å². The van der Waals surface area contributed by atoms with Gasteiger partial charge in [0.25, 0.3) is 0 Å². The molecule has 6 heteroatoms. The van der Waals surface area contributed by atoms with E-state index in [-0.39, 0.29) is 12.1 Å². The Bertz CT molecular complexity index is 662. The van der Waals surface area contributed by atoms with Crippen LogP contribution >= 0.6 is 11.6 Å². The lowest BCUT2D eigenvalue weighted by molar-refractivity contribution is -0.387. The van der Waals surface area contributed by atoms with Crippen LogP contribution in [0, 0.1) is 22.9 Å². The van der Waals surface area contributed by atoms with E-state index in [1.54, 1.807) is 6.07 Å². The summed E-state index contributed by atoms with van der Waals surface area (Å²) in [5, 5.41) is 14.2. The Kier molecular flexibility index (Phi) is 4.20. The van der Waals surface area contributed by atoms with Gasteiger partial charge >= 0.3 is 5.69 Å². The molecule has 104 valence electrons. The van der Waals surface area contributed by atoms with E-state index in [1.807, 2.05) is 19.1 Å². The molecule has 0 unspecified atom stereocenters. The molecule has 0 heterocycles. The van der Waals surface area contributed by atoms with Crippen molar-refractivity contribution in [2.24, 2.45) is 0 Å². The molecule has 2 rings (SSSR count). The zero-order chi connectivity index (χ0) is 14.7. The molecule has 0 saturated heterocycles. The molecule has 0 aliphatic rings. The smallest absolute Gasteiger partial charge is 0.305 e. The summed E-state index contributed by atoms with van der Waals surface area (Å²) in [5.74, 6) is -0.825. The van der Waals surface area contributed by atoms with E-state index in [2.05, 4.69) is 5.32 Å². The molecule has 2 aromatic rings. The number of nitro benzene ring substituents is 1. The van der Waals surface area contributed by atoms with Crippen LogP contribution in [0.25, 0.3) is 0 Å². The quantitative estimate of drug-likeness (QED) is 0.675. The highest BCUT2D eigenvalue weighted by Gasteiger charge is 2.16. The number of hydrogen-bond acceptors (Lipinski definition) is 3. The number of nitrogens with zero attached hydrogens (tertiary/aromatic N) is 1. The fourth-order valence-electron chi connectivity index (χ4n) is 1.81. The molecule has 0 aromatic heterocycles. The average Bonchev–Trinajstić information content (AvgIpc) is 2.41. The van der Waals surface area contributed by atoms with E-state index >= 15 is 0 Å². The van der Waals surface area contributed by atoms with Crippen molar-refractivity contribution in [1.29, 1.82) is 0 Å². The Labute approximate surface area is 120 Å². The van der Waals surface area contributed by atoms with Crippen LogP contribution in [-0.4, -0.2) is 4.92 Å². The molecule has 2 aromatic carbocycles. The lowest BCUT2D eigenvalue weighted by Crippen LogP contribution is -2.04. The number of hydrogen-bond donors (Lipinski definition) is 1. The second-order valence-electron chi connectivity index (χ2n) is 4.34. The monoisotopic (exact) mass is 294 g/mol. The zero-order valence-corrected chi connectivity index (χ0v) is 11.4. The highest BCUT2D eigenvalue weighted by atomic mass is 35.5. The number of nitrogens with one attached hydrogen (secondary N) is 1. The average molecular weight is 295 g/mol. The summed E-state index contributed by atoms with van der Waals surface area (Å²) in [4.78, 5) is 9.93. The SMILES string of the molecule is Cc1ccc(Cl)c(NCc2cccc([N+](=O)[O-])c2F)c1. The molecular formula is C14H12ClFN2O2. The van der Waals surface area contributed by atoms with Crippen LogP contribution in [0.3, 0.4) is 0 Å². The lowest BCUT2D eigenvalue weighted by Gasteiger charge is -2.10. The fourth-order valence-corrected chi connectivity index (χ4v) is 1.99. The molecule has 0 atom stereocenters. The first kappa shape index (κ1) is 14.3. The molecule has 0 amide bonds. The van der Waals surface area contributed by atoms with Crippen molar-refractivity contribution >= 4 is 23.0 Å². The van der Waals surface area contributed by atoms with Gasteiger partial charge in [0.1, 0.15) is 0 Å². The second kappa shape index (κ2) is 5.88. The Morgan fingerprint density at radius 2 is 2.10 bits per heavy atom. The van der Waals surface area contributed by atoms with Crippen LogP contribution in [0.1, 0.15) is 11.1 Å². The first-order valence-corrected chi connectivity index (χ1v) is 6.28. The molecule has 0 aliphatic heterocycles. The van der Waals surface area contributed by atoms with Gasteiger partial charge in [0.2, 0.25) is 5.82 Å². The largest absolute Gasteiger partial charge is 0.380 e. The normalized spacial score (nSPS) is 10.3. The van der Waals surface area contributed by atoms with Crippen molar-refractivity contribution in [1.82, 2.24) is 0 Å². The van der Waals surface area contributed by atoms with Crippen LogP contribution in [0.2, 0.25) is 5.02 Å². The van der Waals surface area contributed by atoms with Crippen LogP contribution in [-0.2, 0) is 6.54 Å². The van der Waals surface area contributed by atoms with Crippen molar-refractivity contribution in [3.8, 4) is 0 Å². The standard InChI is InChI=1S/C14H12ClFN2O2/c1-9-5-6-11(15)12(7-9)17-8-10-3-2-4-13(14(10)16)18(19)20/h2-7,17H,8H2,1H3. The van der Waals surface area contributed by atoms with E-state index in [4.69, 9.17) is 11.6 Å². The first-order valence-electron chi connectivity index (χ1n) is 5.91. The molecule has 0 bridgehead atoms. The van der Waals surface area contributed by atoms with Gasteiger partial charge in [0, 0.05) is 18.2 Å². The first-order chi connectivity index (χ1) is 9.49. The van der Waals surface area contributed by atoms with Gasteiger partial charge in [-0.25, -0.2) is 0 Å². The molecule has 0 spiro atoms. The summed E-state index contributed by atoms with van der Waals surface area (Å²) in [5.41, 5.74) is 1.37. The third kappa shape index (κ3) is 3.05. The van der Waals surface area contributed by atoms with E-state index in [0.717, 1.165) is 11.6 Å². The van der Waals surface area contributed by atoms with Gasteiger partial charge in [-0.15, -0.1) is 0 Å². The number of rotatable bonds is 4. The van der Waals surface area contributed by atoms with Crippen molar-refractivity contribution in [2.45, 2.75) is 13.5 Å². The maximum atomic E-state index is 13.9. The number of aryl methyl sites for hydroxylation is 1. The van der Waals surface area contributed by atoms with E-state index in [9.17, 15) is 14.5 Å². The molecule has 1 N–H and O–H groups in total. The minimum absolute atomic E-state index is 0.122. The van der Waals surface area contributed by atoms with Crippen LogP contribution in [0.5, 0.6) is 0 Å². The summed E-state index contributed by atoms with van der Waals surface area (Å²) in [6.07, 6.45) is 0. The summed E-state index contributed by atoms with van der Waals surface area (Å²) < 4.78 is 13.9. The van der Waals surface area contributed by atoms with E-state index in [1.165, 1.54) is 12.1 Å². The molecule has 0 aliphatic carbocycles. The fraction of sp³-hybridized carbons (Fsp3) is 0.143. The van der Waals surface area contributed by atoms with Crippen LogP contribution in [0.15, 0.2) is 36.4 Å². The molecular weight excluding hydrogens is 283 g/mol. The summed E-state index contributed by atoms with van der Waals surface area (Å²) in [7, 11) is 0.